The summed E-state index contributed by atoms with van der Waals surface area (Å²) in [5, 5.41) is 0. The van der Waals surface area contributed by atoms with E-state index < -0.39 is 11.8 Å². The molecule has 0 saturated carbocycles. The number of para-hydroxylation sites is 1. The molecule has 1 aromatic rings. The molecule has 0 fully saturated rings. The number of ether oxygens (including phenoxy) is 4. The quantitative estimate of drug-likeness (QED) is 0.613. The first-order chi connectivity index (χ1) is 8.37. The molecule has 0 amide bonds. The van der Waals surface area contributed by atoms with E-state index in [1.165, 1.54) is 14.2 Å². The van der Waals surface area contributed by atoms with Crippen molar-refractivity contribution in [1.29, 1.82) is 0 Å². The van der Waals surface area contributed by atoms with Gasteiger partial charge in [-0.25, -0.2) is 4.79 Å². The molecule has 0 saturated heterocycles. The second-order valence-corrected chi connectivity index (χ2v) is 4.56. The zero-order valence-corrected chi connectivity index (χ0v) is 11.3. The Bertz CT molecular complexity index is 398. The van der Waals surface area contributed by atoms with Crippen LogP contribution in [0.1, 0.15) is 20.8 Å². The molecule has 0 aromatic heterocycles. The highest BCUT2D eigenvalue weighted by atomic mass is 16.7. The average molecular weight is 254 g/mol. The zero-order chi connectivity index (χ0) is 13.8. The van der Waals surface area contributed by atoms with Crippen molar-refractivity contribution in [1.82, 2.24) is 0 Å². The van der Waals surface area contributed by atoms with E-state index in [4.69, 9.17) is 18.9 Å². The third kappa shape index (κ3) is 3.84. The van der Waals surface area contributed by atoms with Crippen molar-refractivity contribution in [2.45, 2.75) is 26.4 Å². The Hall–Kier alpha value is -1.91. The van der Waals surface area contributed by atoms with Crippen molar-refractivity contribution in [2.75, 3.05) is 14.2 Å². The summed E-state index contributed by atoms with van der Waals surface area (Å²) in [6, 6.07) is 5.07. The van der Waals surface area contributed by atoms with Crippen LogP contribution >= 0.6 is 0 Å². The predicted octanol–water partition coefficient (Wildman–Crippen LogP) is 3.02. The molecule has 0 unspecified atom stereocenters. The molecule has 0 N–H and O–H groups in total. The van der Waals surface area contributed by atoms with Gasteiger partial charge >= 0.3 is 6.16 Å². The lowest BCUT2D eigenvalue weighted by atomic mass is 10.2. The number of carbonyl (C=O) groups excluding carboxylic acids is 1. The van der Waals surface area contributed by atoms with Gasteiger partial charge in [0.05, 0.1) is 14.2 Å². The number of rotatable bonds is 3. The summed E-state index contributed by atoms with van der Waals surface area (Å²) in [6.07, 6.45) is -0.801. The molecule has 0 spiro atoms. The number of carbonyl (C=O) groups is 1. The molecule has 100 valence electrons. The highest BCUT2D eigenvalue weighted by Gasteiger charge is 2.21. The van der Waals surface area contributed by atoms with Crippen LogP contribution in [-0.2, 0) is 4.74 Å². The van der Waals surface area contributed by atoms with Gasteiger partial charge in [0.25, 0.3) is 0 Å². The van der Waals surface area contributed by atoms with Crippen molar-refractivity contribution in [3.63, 3.8) is 0 Å². The topological polar surface area (TPSA) is 54.0 Å². The molecule has 0 heterocycles. The van der Waals surface area contributed by atoms with E-state index in [2.05, 4.69) is 0 Å². The van der Waals surface area contributed by atoms with Gasteiger partial charge < -0.3 is 18.9 Å². The molecule has 0 aliphatic rings. The first kappa shape index (κ1) is 14.2. The molecular weight excluding hydrogens is 236 g/mol. The summed E-state index contributed by atoms with van der Waals surface area (Å²) in [6.45, 7) is 5.27. The van der Waals surface area contributed by atoms with Gasteiger partial charge in [-0.15, -0.1) is 0 Å². The molecule has 0 aliphatic heterocycles. The van der Waals surface area contributed by atoms with Gasteiger partial charge in [0, 0.05) is 0 Å². The summed E-state index contributed by atoms with van der Waals surface area (Å²) < 4.78 is 20.4. The molecule has 0 bridgehead atoms. The normalized spacial score (nSPS) is 10.7. The van der Waals surface area contributed by atoms with Gasteiger partial charge in [0.1, 0.15) is 5.60 Å². The van der Waals surface area contributed by atoms with E-state index in [-0.39, 0.29) is 5.75 Å². The second kappa shape index (κ2) is 5.62. The number of hydrogen-bond acceptors (Lipinski definition) is 5. The van der Waals surface area contributed by atoms with E-state index >= 15 is 0 Å². The van der Waals surface area contributed by atoms with Crippen LogP contribution in [0.15, 0.2) is 18.2 Å². The fourth-order valence-corrected chi connectivity index (χ4v) is 1.27. The molecule has 5 heteroatoms. The van der Waals surface area contributed by atoms with Gasteiger partial charge in [0.2, 0.25) is 5.75 Å². The first-order valence-electron chi connectivity index (χ1n) is 5.49. The van der Waals surface area contributed by atoms with Crippen LogP contribution in [0.2, 0.25) is 0 Å². The Balaban J connectivity index is 2.92. The molecule has 5 nitrogen and oxygen atoms in total. The maximum Gasteiger partial charge on any atom is 0.514 e. The smallest absolute Gasteiger partial charge is 0.493 e. The number of methoxy groups -OCH3 is 2. The van der Waals surface area contributed by atoms with Crippen LogP contribution in [0.3, 0.4) is 0 Å². The maximum absolute atomic E-state index is 11.6. The lowest BCUT2D eigenvalue weighted by Crippen LogP contribution is -2.26. The van der Waals surface area contributed by atoms with Crippen molar-refractivity contribution >= 4 is 6.16 Å². The fraction of sp³-hybridized carbons (Fsp3) is 0.462. The minimum atomic E-state index is -0.801. The monoisotopic (exact) mass is 254 g/mol. The molecule has 0 aliphatic carbocycles. The third-order valence-corrected chi connectivity index (χ3v) is 1.96. The van der Waals surface area contributed by atoms with Gasteiger partial charge in [-0.3, -0.25) is 0 Å². The van der Waals surface area contributed by atoms with E-state index in [1.54, 1.807) is 39.0 Å². The predicted molar refractivity (Wildman–Crippen MR) is 66.4 cm³/mol. The molecule has 18 heavy (non-hydrogen) atoms. The van der Waals surface area contributed by atoms with Gasteiger partial charge in [-0.2, -0.15) is 0 Å². The minimum absolute atomic E-state index is 0.205. The van der Waals surface area contributed by atoms with Crippen LogP contribution in [0.4, 0.5) is 4.79 Å². The minimum Gasteiger partial charge on any atom is -0.493 e. The second-order valence-electron chi connectivity index (χ2n) is 4.56. The van der Waals surface area contributed by atoms with Crippen LogP contribution < -0.4 is 14.2 Å². The van der Waals surface area contributed by atoms with Crippen molar-refractivity contribution in [3.05, 3.63) is 18.2 Å². The number of hydrogen-bond donors (Lipinski definition) is 0. The Kier molecular flexibility index (Phi) is 4.42. The SMILES string of the molecule is COc1cccc(OC)c1OC(=O)OC(C)(C)C. The Morgan fingerprint density at radius 3 is 1.94 bits per heavy atom. The highest BCUT2D eigenvalue weighted by Crippen LogP contribution is 2.37. The van der Waals surface area contributed by atoms with E-state index in [9.17, 15) is 4.79 Å². The van der Waals surface area contributed by atoms with E-state index in [0.717, 1.165) is 0 Å². The molecule has 1 rings (SSSR count). The summed E-state index contributed by atoms with van der Waals surface area (Å²) in [4.78, 5) is 11.6. The standard InChI is InChI=1S/C13H18O5/c1-13(2,3)18-12(14)17-11-9(15-4)7-6-8-10(11)16-5/h6-8H,1-5H3. The summed E-state index contributed by atoms with van der Waals surface area (Å²) >= 11 is 0. The summed E-state index contributed by atoms with van der Waals surface area (Å²) in [5.74, 6) is 1.01. The lowest BCUT2D eigenvalue weighted by molar-refractivity contribution is 0.0195. The van der Waals surface area contributed by atoms with Crippen LogP contribution in [0.5, 0.6) is 17.2 Å². The summed E-state index contributed by atoms with van der Waals surface area (Å²) in [5.41, 5.74) is -0.619. The van der Waals surface area contributed by atoms with Crippen molar-refractivity contribution in [2.24, 2.45) is 0 Å². The highest BCUT2D eigenvalue weighted by molar-refractivity contribution is 5.68. The lowest BCUT2D eigenvalue weighted by Gasteiger charge is -2.19. The van der Waals surface area contributed by atoms with Crippen molar-refractivity contribution < 1.29 is 23.7 Å². The Morgan fingerprint density at radius 1 is 1.06 bits per heavy atom. The Morgan fingerprint density at radius 2 is 1.56 bits per heavy atom. The Labute approximate surface area is 107 Å². The molecular formula is C13H18O5. The largest absolute Gasteiger partial charge is 0.514 e. The van der Waals surface area contributed by atoms with E-state index in [0.29, 0.717) is 11.5 Å². The van der Waals surface area contributed by atoms with Gasteiger partial charge in [-0.05, 0) is 32.9 Å². The number of benzene rings is 1. The maximum atomic E-state index is 11.6. The van der Waals surface area contributed by atoms with Gasteiger partial charge in [0.15, 0.2) is 11.5 Å². The zero-order valence-electron chi connectivity index (χ0n) is 11.3. The molecule has 0 radical (unpaired) electrons. The first-order valence-corrected chi connectivity index (χ1v) is 5.49. The fourth-order valence-electron chi connectivity index (χ4n) is 1.27. The van der Waals surface area contributed by atoms with Gasteiger partial charge in [-0.1, -0.05) is 6.07 Å². The van der Waals surface area contributed by atoms with Crippen LogP contribution in [-0.4, -0.2) is 26.0 Å². The third-order valence-electron chi connectivity index (χ3n) is 1.96. The molecule has 0 atom stereocenters. The average Bonchev–Trinajstić information content (AvgIpc) is 2.26. The molecule has 1 aromatic carbocycles. The van der Waals surface area contributed by atoms with Crippen molar-refractivity contribution in [3.8, 4) is 17.2 Å². The van der Waals surface area contributed by atoms with Crippen LogP contribution in [0, 0.1) is 0 Å². The van der Waals surface area contributed by atoms with Crippen LogP contribution in [0.25, 0.3) is 0 Å². The summed E-state index contributed by atoms with van der Waals surface area (Å²) in [7, 11) is 2.97. The van der Waals surface area contributed by atoms with E-state index in [1.807, 2.05) is 0 Å².